The first-order valence-corrected chi connectivity index (χ1v) is 6.79. The number of carbonyl (C=O) groups is 2. The van der Waals surface area contributed by atoms with E-state index in [0.717, 1.165) is 24.3 Å². The number of halogens is 6. The minimum Gasteiger partial charge on any atom is -0.267 e. The second-order valence-electron chi connectivity index (χ2n) is 4.92. The third-order valence-electron chi connectivity index (χ3n) is 3.06. The molecule has 0 saturated heterocycles. The van der Waals surface area contributed by atoms with Crippen LogP contribution in [0.15, 0.2) is 42.6 Å². The number of hydrogen-bond donors (Lipinski definition) is 2. The Kier molecular flexibility index (Phi) is 5.19. The highest BCUT2D eigenvalue weighted by Gasteiger charge is 2.32. The Labute approximate surface area is 142 Å². The van der Waals surface area contributed by atoms with E-state index in [2.05, 4.69) is 4.98 Å². The van der Waals surface area contributed by atoms with Gasteiger partial charge in [-0.1, -0.05) is 6.07 Å². The Morgan fingerprint density at radius 2 is 1.42 bits per heavy atom. The molecule has 5 nitrogen and oxygen atoms in total. The quantitative estimate of drug-likeness (QED) is 0.624. The average Bonchev–Trinajstić information content (AvgIpc) is 2.58. The number of rotatable bonds is 2. The molecule has 0 unspecified atom stereocenters. The van der Waals surface area contributed by atoms with Crippen LogP contribution in [0.4, 0.5) is 26.3 Å². The molecule has 0 bridgehead atoms. The zero-order valence-corrected chi connectivity index (χ0v) is 12.6. The molecule has 2 N–H and O–H groups in total. The third kappa shape index (κ3) is 4.71. The fourth-order valence-electron chi connectivity index (χ4n) is 1.79. The number of carbonyl (C=O) groups excluding carboxylic acids is 2. The van der Waals surface area contributed by atoms with Gasteiger partial charge in [-0.25, -0.2) is 0 Å². The molecule has 2 amide bonds. The number of nitrogens with one attached hydrogen (secondary N) is 2. The van der Waals surface area contributed by atoms with Gasteiger partial charge >= 0.3 is 12.4 Å². The van der Waals surface area contributed by atoms with Crippen LogP contribution in [0.3, 0.4) is 0 Å². The molecule has 0 spiro atoms. The molecule has 138 valence electrons. The molecule has 0 aliphatic carbocycles. The second kappa shape index (κ2) is 7.02. The maximum Gasteiger partial charge on any atom is 0.433 e. The largest absolute Gasteiger partial charge is 0.433 e. The predicted octanol–water partition coefficient (Wildman–Crippen LogP) is 3.19. The van der Waals surface area contributed by atoms with E-state index in [1.165, 1.54) is 0 Å². The van der Waals surface area contributed by atoms with Crippen molar-refractivity contribution in [1.29, 1.82) is 0 Å². The molecule has 0 radical (unpaired) electrons. The number of benzene rings is 1. The first-order valence-electron chi connectivity index (χ1n) is 6.79. The summed E-state index contributed by atoms with van der Waals surface area (Å²) in [6.07, 6.45) is -8.67. The van der Waals surface area contributed by atoms with Crippen LogP contribution in [0.5, 0.6) is 0 Å². The summed E-state index contributed by atoms with van der Waals surface area (Å²) in [7, 11) is 0. The summed E-state index contributed by atoms with van der Waals surface area (Å²) in [5.74, 6) is -2.03. The number of pyridine rings is 1. The van der Waals surface area contributed by atoms with E-state index in [0.29, 0.717) is 18.3 Å². The van der Waals surface area contributed by atoms with Crippen molar-refractivity contribution in [3.05, 3.63) is 65.0 Å². The molecular formula is C15H9F6N3O2. The fraction of sp³-hybridized carbons (Fsp3) is 0.133. The highest BCUT2D eigenvalue weighted by molar-refractivity contribution is 5.99. The zero-order valence-electron chi connectivity index (χ0n) is 12.6. The molecule has 0 saturated carbocycles. The van der Waals surface area contributed by atoms with Gasteiger partial charge in [-0.05, 0) is 30.3 Å². The Bertz CT molecular complexity index is 815. The summed E-state index contributed by atoms with van der Waals surface area (Å²) in [5.41, 5.74) is 0.819. The molecule has 0 aliphatic heterocycles. The van der Waals surface area contributed by atoms with Gasteiger partial charge in [-0.15, -0.1) is 0 Å². The maximum atomic E-state index is 12.6. The number of hydrazine groups is 1. The van der Waals surface area contributed by atoms with Gasteiger partial charge < -0.3 is 0 Å². The lowest BCUT2D eigenvalue weighted by Gasteiger charge is -2.10. The number of alkyl halides is 6. The van der Waals surface area contributed by atoms with E-state index in [9.17, 15) is 35.9 Å². The van der Waals surface area contributed by atoms with E-state index in [1.54, 1.807) is 0 Å². The average molecular weight is 377 g/mol. The molecule has 0 fully saturated rings. The topological polar surface area (TPSA) is 71.1 Å². The van der Waals surface area contributed by atoms with E-state index in [1.807, 2.05) is 10.9 Å². The van der Waals surface area contributed by atoms with Crippen molar-refractivity contribution in [3.63, 3.8) is 0 Å². The van der Waals surface area contributed by atoms with Crippen molar-refractivity contribution >= 4 is 11.8 Å². The van der Waals surface area contributed by atoms with E-state index < -0.39 is 35.4 Å². The predicted molar refractivity (Wildman–Crippen MR) is 75.6 cm³/mol. The van der Waals surface area contributed by atoms with Crippen LogP contribution in [-0.4, -0.2) is 16.8 Å². The molecule has 11 heteroatoms. The SMILES string of the molecule is O=C(NNC(=O)c1cccc(C(F)(F)F)c1)c1ccc(C(F)(F)F)nc1. The van der Waals surface area contributed by atoms with E-state index >= 15 is 0 Å². The molecule has 0 aliphatic rings. The Balaban J connectivity index is 2.02. The van der Waals surface area contributed by atoms with Gasteiger partial charge in [0.2, 0.25) is 0 Å². The maximum absolute atomic E-state index is 12.6. The summed E-state index contributed by atoms with van der Waals surface area (Å²) < 4.78 is 74.9. The second-order valence-corrected chi connectivity index (χ2v) is 4.92. The first kappa shape index (κ1) is 19.2. The fourth-order valence-corrected chi connectivity index (χ4v) is 1.79. The molecule has 2 rings (SSSR count). The van der Waals surface area contributed by atoms with Gasteiger partial charge in [0, 0.05) is 11.8 Å². The number of nitrogens with zero attached hydrogens (tertiary/aromatic N) is 1. The summed E-state index contributed by atoms with van der Waals surface area (Å²) >= 11 is 0. The van der Waals surface area contributed by atoms with Crippen LogP contribution < -0.4 is 10.9 Å². The van der Waals surface area contributed by atoms with Crippen molar-refractivity contribution < 1.29 is 35.9 Å². The van der Waals surface area contributed by atoms with Crippen LogP contribution in [0.2, 0.25) is 0 Å². The van der Waals surface area contributed by atoms with E-state index in [4.69, 9.17) is 0 Å². The van der Waals surface area contributed by atoms with E-state index in [-0.39, 0.29) is 11.1 Å². The van der Waals surface area contributed by atoms with Crippen LogP contribution in [-0.2, 0) is 12.4 Å². The highest BCUT2D eigenvalue weighted by atomic mass is 19.4. The van der Waals surface area contributed by atoms with Gasteiger partial charge in [0.1, 0.15) is 5.69 Å². The highest BCUT2D eigenvalue weighted by Crippen LogP contribution is 2.29. The molecule has 1 heterocycles. The molecule has 0 atom stereocenters. The van der Waals surface area contributed by atoms with Gasteiger partial charge in [0.05, 0.1) is 11.1 Å². The van der Waals surface area contributed by atoms with Crippen molar-refractivity contribution in [2.45, 2.75) is 12.4 Å². The normalized spacial score (nSPS) is 11.8. The molecular weight excluding hydrogens is 368 g/mol. The van der Waals surface area contributed by atoms with Gasteiger partial charge in [-0.3, -0.25) is 25.4 Å². The summed E-state index contributed by atoms with van der Waals surface area (Å²) in [6.45, 7) is 0. The summed E-state index contributed by atoms with van der Waals surface area (Å²) in [4.78, 5) is 26.6. The molecule has 2 aromatic rings. The van der Waals surface area contributed by atoms with Crippen molar-refractivity contribution in [3.8, 4) is 0 Å². The minimum atomic E-state index is -4.67. The van der Waals surface area contributed by atoms with Crippen LogP contribution >= 0.6 is 0 Å². The van der Waals surface area contributed by atoms with Crippen molar-refractivity contribution in [2.75, 3.05) is 0 Å². The minimum absolute atomic E-state index is 0.289. The Morgan fingerprint density at radius 3 is 1.92 bits per heavy atom. The lowest BCUT2D eigenvalue weighted by Crippen LogP contribution is -2.41. The van der Waals surface area contributed by atoms with Gasteiger partial charge in [-0.2, -0.15) is 26.3 Å². The number of amides is 2. The Hall–Kier alpha value is -3.11. The summed E-state index contributed by atoms with van der Waals surface area (Å²) in [6, 6.07) is 4.87. The number of aromatic nitrogens is 1. The molecule has 1 aromatic carbocycles. The first-order chi connectivity index (χ1) is 12.0. The smallest absolute Gasteiger partial charge is 0.267 e. The summed E-state index contributed by atoms with van der Waals surface area (Å²) in [5, 5.41) is 0. The van der Waals surface area contributed by atoms with Gasteiger partial charge in [0.15, 0.2) is 0 Å². The van der Waals surface area contributed by atoms with Crippen molar-refractivity contribution in [1.82, 2.24) is 15.8 Å². The van der Waals surface area contributed by atoms with Crippen LogP contribution in [0, 0.1) is 0 Å². The lowest BCUT2D eigenvalue weighted by molar-refractivity contribution is -0.141. The van der Waals surface area contributed by atoms with Crippen LogP contribution in [0.25, 0.3) is 0 Å². The number of hydrogen-bond acceptors (Lipinski definition) is 3. The third-order valence-corrected chi connectivity index (χ3v) is 3.06. The lowest BCUT2D eigenvalue weighted by atomic mass is 10.1. The van der Waals surface area contributed by atoms with Gasteiger partial charge in [0.25, 0.3) is 11.8 Å². The van der Waals surface area contributed by atoms with Crippen molar-refractivity contribution in [2.24, 2.45) is 0 Å². The Morgan fingerprint density at radius 1 is 0.808 bits per heavy atom. The van der Waals surface area contributed by atoms with Crippen LogP contribution in [0.1, 0.15) is 32.0 Å². The molecule has 1 aromatic heterocycles. The zero-order chi connectivity index (χ0) is 19.5. The monoisotopic (exact) mass is 377 g/mol. The standard InChI is InChI=1S/C15H9F6N3O2/c16-14(17,18)10-3-1-2-8(6-10)12(25)23-24-13(26)9-4-5-11(22-7-9)15(19,20)21/h1-7H,(H,23,25)(H,24,26). The molecule has 26 heavy (non-hydrogen) atoms.